The van der Waals surface area contributed by atoms with Crippen LogP contribution in [0.25, 0.3) is 0 Å². The number of carboxylic acids is 1. The largest absolute Gasteiger partial charge is 0.481 e. The lowest BCUT2D eigenvalue weighted by molar-refractivity contribution is -0.215. The third-order valence-electron chi connectivity index (χ3n) is 3.35. The van der Waals surface area contributed by atoms with E-state index in [9.17, 15) is 22.8 Å². The molecular weight excluding hydrogens is 317 g/mol. The van der Waals surface area contributed by atoms with Gasteiger partial charge in [-0.25, -0.2) is 4.79 Å². The Morgan fingerprint density at radius 2 is 1.83 bits per heavy atom. The molecule has 0 spiro atoms. The Morgan fingerprint density at radius 1 is 1.26 bits per heavy atom. The predicted octanol–water partition coefficient (Wildman–Crippen LogP) is 2.51. The highest BCUT2D eigenvalue weighted by atomic mass is 19.4. The first kappa shape index (κ1) is 17.0. The van der Waals surface area contributed by atoms with Crippen LogP contribution in [-0.4, -0.2) is 30.3 Å². The fourth-order valence-corrected chi connectivity index (χ4v) is 2.04. The molecule has 0 atom stereocenters. The summed E-state index contributed by atoms with van der Waals surface area (Å²) in [5.41, 5.74) is -1.95. The number of esters is 1. The molecule has 5 nitrogen and oxygen atoms in total. The summed E-state index contributed by atoms with van der Waals surface area (Å²) in [6.07, 6.45) is -5.04. The standard InChI is InChI=1S/C15H13F3O5/c1-9(6-12(19)20)13(21)23-14(7-22-8-14)10-2-4-11(5-3-10)15(16,17)18/h2-5H,1,6-8H2,(H,19,20). The van der Waals surface area contributed by atoms with Gasteiger partial charge in [-0.15, -0.1) is 0 Å². The number of hydrogen-bond donors (Lipinski definition) is 1. The number of aliphatic carboxylic acids is 1. The number of alkyl halides is 3. The average molecular weight is 330 g/mol. The molecule has 1 aliphatic rings. The van der Waals surface area contributed by atoms with E-state index in [-0.39, 0.29) is 18.8 Å². The van der Waals surface area contributed by atoms with Gasteiger partial charge < -0.3 is 14.6 Å². The number of benzene rings is 1. The topological polar surface area (TPSA) is 72.8 Å². The van der Waals surface area contributed by atoms with Crippen molar-refractivity contribution in [2.75, 3.05) is 13.2 Å². The Hall–Kier alpha value is -2.35. The molecule has 23 heavy (non-hydrogen) atoms. The second kappa shape index (κ2) is 6.04. The Labute approximate surface area is 129 Å². The highest BCUT2D eigenvalue weighted by Gasteiger charge is 2.45. The molecule has 1 heterocycles. The first-order valence-electron chi connectivity index (χ1n) is 6.52. The van der Waals surface area contributed by atoms with Crippen LogP contribution < -0.4 is 0 Å². The molecule has 0 saturated carbocycles. The van der Waals surface area contributed by atoms with Gasteiger partial charge in [0.05, 0.1) is 25.2 Å². The minimum atomic E-state index is -4.46. The van der Waals surface area contributed by atoms with Gasteiger partial charge in [-0.05, 0) is 12.1 Å². The van der Waals surface area contributed by atoms with Crippen molar-refractivity contribution in [2.24, 2.45) is 0 Å². The van der Waals surface area contributed by atoms with Crippen molar-refractivity contribution in [3.63, 3.8) is 0 Å². The van der Waals surface area contributed by atoms with E-state index >= 15 is 0 Å². The fraction of sp³-hybridized carbons (Fsp3) is 0.333. The molecule has 2 rings (SSSR count). The van der Waals surface area contributed by atoms with E-state index in [1.165, 1.54) is 12.1 Å². The number of hydrogen-bond acceptors (Lipinski definition) is 4. The number of carboxylic acid groups (broad SMARTS) is 1. The van der Waals surface area contributed by atoms with Crippen molar-refractivity contribution < 1.29 is 37.3 Å². The molecule has 1 aromatic rings. The average Bonchev–Trinajstić information content (AvgIpc) is 2.41. The number of rotatable bonds is 5. The number of carbonyl (C=O) groups excluding carboxylic acids is 1. The summed E-state index contributed by atoms with van der Waals surface area (Å²) in [7, 11) is 0. The van der Waals surface area contributed by atoms with Gasteiger partial charge in [-0.3, -0.25) is 4.79 Å². The van der Waals surface area contributed by atoms with Crippen LogP contribution in [0.1, 0.15) is 17.5 Å². The minimum Gasteiger partial charge on any atom is -0.481 e. The molecule has 1 saturated heterocycles. The van der Waals surface area contributed by atoms with Gasteiger partial charge in [0.25, 0.3) is 0 Å². The van der Waals surface area contributed by atoms with Gasteiger partial charge >= 0.3 is 18.1 Å². The maximum Gasteiger partial charge on any atom is 0.416 e. The third-order valence-corrected chi connectivity index (χ3v) is 3.35. The minimum absolute atomic E-state index is 0.0234. The van der Waals surface area contributed by atoms with Crippen molar-refractivity contribution >= 4 is 11.9 Å². The molecule has 0 aliphatic carbocycles. The summed E-state index contributed by atoms with van der Waals surface area (Å²) < 4.78 is 48.0. The monoisotopic (exact) mass is 330 g/mol. The van der Waals surface area contributed by atoms with Crippen LogP contribution in [0.3, 0.4) is 0 Å². The Balaban J connectivity index is 2.16. The molecule has 1 fully saturated rings. The van der Waals surface area contributed by atoms with Gasteiger partial charge in [0.15, 0.2) is 5.60 Å². The van der Waals surface area contributed by atoms with E-state index < -0.39 is 35.7 Å². The zero-order valence-electron chi connectivity index (χ0n) is 11.9. The van der Waals surface area contributed by atoms with Crippen LogP contribution in [0.15, 0.2) is 36.4 Å². The van der Waals surface area contributed by atoms with Crippen LogP contribution in [0.5, 0.6) is 0 Å². The lowest BCUT2D eigenvalue weighted by atomic mass is 9.90. The van der Waals surface area contributed by atoms with Crippen LogP contribution in [0, 0.1) is 0 Å². The van der Waals surface area contributed by atoms with E-state index in [1.54, 1.807) is 0 Å². The molecule has 0 unspecified atom stereocenters. The molecule has 8 heteroatoms. The maximum absolute atomic E-state index is 12.6. The van der Waals surface area contributed by atoms with E-state index in [1.807, 2.05) is 0 Å². The van der Waals surface area contributed by atoms with Crippen LogP contribution in [0.2, 0.25) is 0 Å². The van der Waals surface area contributed by atoms with Crippen molar-refractivity contribution in [2.45, 2.75) is 18.2 Å². The molecule has 1 aliphatic heterocycles. The van der Waals surface area contributed by atoms with Crippen molar-refractivity contribution in [3.05, 3.63) is 47.5 Å². The molecule has 1 aromatic carbocycles. The Morgan fingerprint density at radius 3 is 2.22 bits per heavy atom. The highest BCUT2D eigenvalue weighted by molar-refractivity contribution is 5.93. The van der Waals surface area contributed by atoms with E-state index in [0.29, 0.717) is 5.56 Å². The first-order valence-corrected chi connectivity index (χ1v) is 6.52. The van der Waals surface area contributed by atoms with E-state index in [0.717, 1.165) is 12.1 Å². The number of carbonyl (C=O) groups is 2. The number of halogens is 3. The smallest absolute Gasteiger partial charge is 0.416 e. The first-order chi connectivity index (χ1) is 10.6. The lowest BCUT2D eigenvalue weighted by Gasteiger charge is -2.41. The fourth-order valence-electron chi connectivity index (χ4n) is 2.04. The van der Waals surface area contributed by atoms with Gasteiger partial charge in [0.1, 0.15) is 0 Å². The molecule has 0 bridgehead atoms. The van der Waals surface area contributed by atoms with Crippen molar-refractivity contribution in [3.8, 4) is 0 Å². The summed E-state index contributed by atoms with van der Waals surface area (Å²) in [6, 6.07) is 4.18. The summed E-state index contributed by atoms with van der Waals surface area (Å²) in [5.74, 6) is -2.16. The summed E-state index contributed by atoms with van der Waals surface area (Å²) in [4.78, 5) is 22.4. The highest BCUT2D eigenvalue weighted by Crippen LogP contribution is 2.36. The molecule has 0 radical (unpaired) electrons. The van der Waals surface area contributed by atoms with Gasteiger partial charge in [0.2, 0.25) is 0 Å². The summed E-state index contributed by atoms with van der Waals surface area (Å²) in [5, 5.41) is 8.63. The third kappa shape index (κ3) is 3.70. The SMILES string of the molecule is C=C(CC(=O)O)C(=O)OC1(c2ccc(C(F)(F)F)cc2)COC1. The molecular formula is C15H13F3O5. The van der Waals surface area contributed by atoms with Gasteiger partial charge in [-0.2, -0.15) is 13.2 Å². The zero-order chi connectivity index (χ0) is 17.3. The van der Waals surface area contributed by atoms with Crippen LogP contribution in [0.4, 0.5) is 13.2 Å². The van der Waals surface area contributed by atoms with Crippen molar-refractivity contribution in [1.29, 1.82) is 0 Å². The van der Waals surface area contributed by atoms with Gasteiger partial charge in [0, 0.05) is 11.1 Å². The van der Waals surface area contributed by atoms with Gasteiger partial charge in [-0.1, -0.05) is 18.7 Å². The number of ether oxygens (including phenoxy) is 2. The van der Waals surface area contributed by atoms with Crippen LogP contribution >= 0.6 is 0 Å². The molecule has 0 aromatic heterocycles. The van der Waals surface area contributed by atoms with Crippen LogP contribution in [-0.2, 0) is 30.8 Å². The zero-order valence-corrected chi connectivity index (χ0v) is 11.9. The molecule has 124 valence electrons. The molecule has 1 N–H and O–H groups in total. The summed E-state index contributed by atoms with van der Waals surface area (Å²) >= 11 is 0. The van der Waals surface area contributed by atoms with E-state index in [2.05, 4.69) is 6.58 Å². The predicted molar refractivity (Wildman–Crippen MR) is 71.4 cm³/mol. The second-order valence-corrected chi connectivity index (χ2v) is 5.13. The second-order valence-electron chi connectivity index (χ2n) is 5.13. The Bertz CT molecular complexity index is 630. The Kier molecular flexibility index (Phi) is 4.46. The lowest BCUT2D eigenvalue weighted by Crippen LogP contribution is -2.50. The quantitative estimate of drug-likeness (QED) is 0.663. The summed E-state index contributed by atoms with van der Waals surface area (Å²) in [6.45, 7) is 3.29. The molecule has 0 amide bonds. The normalized spacial score (nSPS) is 16.3. The van der Waals surface area contributed by atoms with E-state index in [4.69, 9.17) is 14.6 Å². The maximum atomic E-state index is 12.6. The van der Waals surface area contributed by atoms with Crippen molar-refractivity contribution in [1.82, 2.24) is 0 Å².